The van der Waals surface area contributed by atoms with Crippen LogP contribution in [0.3, 0.4) is 0 Å². The summed E-state index contributed by atoms with van der Waals surface area (Å²) in [5, 5.41) is 9.86. The number of rotatable bonds is 2. The van der Waals surface area contributed by atoms with Gasteiger partial charge in [-0.25, -0.2) is 0 Å². The van der Waals surface area contributed by atoms with Crippen molar-refractivity contribution in [3.63, 3.8) is 0 Å². The Kier molecular flexibility index (Phi) is 5.27. The van der Waals surface area contributed by atoms with Crippen LogP contribution in [0.4, 0.5) is 0 Å². The van der Waals surface area contributed by atoms with Crippen molar-refractivity contribution >= 4 is 8.07 Å². The van der Waals surface area contributed by atoms with Gasteiger partial charge in [0.15, 0.2) is 0 Å². The van der Waals surface area contributed by atoms with Gasteiger partial charge in [0, 0.05) is 6.61 Å². The molecule has 1 saturated heterocycles. The molecule has 1 fully saturated rings. The normalized spacial score (nSPS) is 24.1. The monoisotopic (exact) mass is 250 g/mol. The third-order valence-corrected chi connectivity index (χ3v) is 3.63. The second-order valence-corrected chi connectivity index (χ2v) is 10.3. The maximum atomic E-state index is 9.86. The maximum absolute atomic E-state index is 9.86. The number of hydrogen-bond acceptors (Lipinski definition) is 2. The van der Waals surface area contributed by atoms with Crippen molar-refractivity contribution in [3.05, 3.63) is 0 Å². The predicted octanol–water partition coefficient (Wildman–Crippen LogP) is 2.05. The fourth-order valence-corrected chi connectivity index (χ4v) is 2.43. The molecule has 2 nitrogen and oxygen atoms in total. The highest BCUT2D eigenvalue weighted by atomic mass is 28.3. The van der Waals surface area contributed by atoms with Crippen LogP contribution in [-0.2, 0) is 4.74 Å². The molecule has 1 unspecified atom stereocenters. The molecule has 3 heteroatoms. The third kappa shape index (κ3) is 4.96. The summed E-state index contributed by atoms with van der Waals surface area (Å²) >= 11 is 0. The Balaban J connectivity index is 2.79. The van der Waals surface area contributed by atoms with E-state index in [1.807, 2.05) is 0 Å². The van der Waals surface area contributed by atoms with E-state index in [-0.39, 0.29) is 12.0 Å². The SMILES string of the molecule is C#C[C@H](O)[C@H](C#C[Si](C)(C)C)C1CCCCO1. The van der Waals surface area contributed by atoms with Gasteiger partial charge in [0.05, 0.1) is 12.0 Å². The van der Waals surface area contributed by atoms with Gasteiger partial charge in [-0.15, -0.1) is 17.9 Å². The summed E-state index contributed by atoms with van der Waals surface area (Å²) in [7, 11) is -1.44. The smallest absolute Gasteiger partial charge is 0.130 e. The van der Waals surface area contributed by atoms with Crippen LogP contribution >= 0.6 is 0 Å². The van der Waals surface area contributed by atoms with E-state index >= 15 is 0 Å². The van der Waals surface area contributed by atoms with Crippen LogP contribution in [0.25, 0.3) is 0 Å². The number of aliphatic hydroxyl groups excluding tert-OH is 1. The zero-order valence-electron chi connectivity index (χ0n) is 11.0. The molecule has 1 rings (SSSR count). The Morgan fingerprint density at radius 3 is 2.53 bits per heavy atom. The third-order valence-electron chi connectivity index (χ3n) is 2.74. The van der Waals surface area contributed by atoms with Gasteiger partial charge in [-0.3, -0.25) is 0 Å². The van der Waals surface area contributed by atoms with Crippen molar-refractivity contribution < 1.29 is 9.84 Å². The van der Waals surface area contributed by atoms with Crippen molar-refractivity contribution in [1.82, 2.24) is 0 Å². The molecule has 3 atom stereocenters. The van der Waals surface area contributed by atoms with Crippen LogP contribution in [0.2, 0.25) is 19.6 Å². The number of terminal acetylenes is 1. The van der Waals surface area contributed by atoms with Crippen molar-refractivity contribution in [2.45, 2.75) is 51.1 Å². The molecule has 0 amide bonds. The molecule has 0 aromatic carbocycles. The minimum atomic E-state index is -1.44. The van der Waals surface area contributed by atoms with E-state index in [2.05, 4.69) is 37.0 Å². The van der Waals surface area contributed by atoms with E-state index in [0.29, 0.717) is 0 Å². The van der Waals surface area contributed by atoms with Crippen LogP contribution in [0.1, 0.15) is 19.3 Å². The molecule has 0 aromatic heterocycles. The summed E-state index contributed by atoms with van der Waals surface area (Å²) in [6.07, 6.45) is 7.66. The molecular weight excluding hydrogens is 228 g/mol. The summed E-state index contributed by atoms with van der Waals surface area (Å²) in [4.78, 5) is 0. The molecule has 0 radical (unpaired) electrons. The summed E-state index contributed by atoms with van der Waals surface area (Å²) < 4.78 is 5.69. The van der Waals surface area contributed by atoms with Crippen molar-refractivity contribution in [2.75, 3.05) is 6.61 Å². The summed E-state index contributed by atoms with van der Waals surface area (Å²) in [5.41, 5.74) is 3.29. The van der Waals surface area contributed by atoms with E-state index in [4.69, 9.17) is 11.2 Å². The van der Waals surface area contributed by atoms with E-state index in [9.17, 15) is 5.11 Å². The molecule has 0 saturated carbocycles. The van der Waals surface area contributed by atoms with Gasteiger partial charge in [0.25, 0.3) is 0 Å². The molecule has 0 aromatic rings. The summed E-state index contributed by atoms with van der Waals surface area (Å²) in [6, 6.07) is 0. The summed E-state index contributed by atoms with van der Waals surface area (Å²) in [6.45, 7) is 7.30. The Bertz CT molecular complexity index is 334. The lowest BCUT2D eigenvalue weighted by atomic mass is 9.92. The quantitative estimate of drug-likeness (QED) is 0.600. The standard InChI is InChI=1S/C14H22O2Si/c1-5-13(15)12(9-11-17(2,3)4)14-8-6-7-10-16-14/h1,12-15H,6-8,10H2,2-4H3/t12-,13-,14?/m0/s1. The molecule has 1 aliphatic heterocycles. The minimum absolute atomic E-state index is 0.00125. The highest BCUT2D eigenvalue weighted by Gasteiger charge is 2.28. The molecule has 1 N–H and O–H groups in total. The van der Waals surface area contributed by atoms with Gasteiger partial charge in [-0.2, -0.15) is 0 Å². The Hall–Kier alpha value is -0.743. The largest absolute Gasteiger partial charge is 0.379 e. The van der Waals surface area contributed by atoms with E-state index < -0.39 is 14.2 Å². The van der Waals surface area contributed by atoms with Crippen LogP contribution in [0, 0.1) is 29.7 Å². The lowest BCUT2D eigenvalue weighted by Gasteiger charge is -2.28. The summed E-state index contributed by atoms with van der Waals surface area (Å²) in [5.74, 6) is 5.33. The predicted molar refractivity (Wildman–Crippen MR) is 73.0 cm³/mol. The fraction of sp³-hybridized carbons (Fsp3) is 0.714. The molecular formula is C14H22O2Si. The Morgan fingerprint density at radius 2 is 2.06 bits per heavy atom. The first-order valence-corrected chi connectivity index (χ1v) is 9.72. The highest BCUT2D eigenvalue weighted by molar-refractivity contribution is 6.83. The Morgan fingerprint density at radius 1 is 1.35 bits per heavy atom. The van der Waals surface area contributed by atoms with Crippen molar-refractivity contribution in [1.29, 1.82) is 0 Å². The highest BCUT2D eigenvalue weighted by Crippen LogP contribution is 2.22. The van der Waals surface area contributed by atoms with Crippen molar-refractivity contribution in [2.24, 2.45) is 5.92 Å². The van der Waals surface area contributed by atoms with Gasteiger partial charge < -0.3 is 9.84 Å². The first-order valence-electron chi connectivity index (χ1n) is 6.22. The topological polar surface area (TPSA) is 29.5 Å². The zero-order valence-corrected chi connectivity index (χ0v) is 12.0. The van der Waals surface area contributed by atoms with Gasteiger partial charge in [0.1, 0.15) is 14.2 Å². The number of aliphatic hydroxyl groups is 1. The lowest BCUT2D eigenvalue weighted by Crippen LogP contribution is -2.35. The van der Waals surface area contributed by atoms with Crippen molar-refractivity contribution in [3.8, 4) is 23.8 Å². The zero-order chi connectivity index (χ0) is 12.9. The van der Waals surface area contributed by atoms with Gasteiger partial charge in [0.2, 0.25) is 0 Å². The molecule has 0 bridgehead atoms. The van der Waals surface area contributed by atoms with E-state index in [1.165, 1.54) is 0 Å². The molecule has 17 heavy (non-hydrogen) atoms. The molecule has 0 spiro atoms. The van der Waals surface area contributed by atoms with Gasteiger partial charge in [-0.05, 0) is 19.3 Å². The van der Waals surface area contributed by atoms with Crippen LogP contribution < -0.4 is 0 Å². The number of hydrogen-bond donors (Lipinski definition) is 1. The maximum Gasteiger partial charge on any atom is 0.130 e. The molecule has 1 aliphatic rings. The number of ether oxygens (including phenoxy) is 1. The Labute approximate surface area is 106 Å². The second kappa shape index (κ2) is 6.26. The minimum Gasteiger partial charge on any atom is -0.379 e. The molecule has 0 aliphatic carbocycles. The van der Waals surface area contributed by atoms with Gasteiger partial charge >= 0.3 is 0 Å². The molecule has 94 valence electrons. The fourth-order valence-electron chi connectivity index (χ4n) is 1.83. The van der Waals surface area contributed by atoms with Crippen LogP contribution in [-0.4, -0.2) is 32.0 Å². The van der Waals surface area contributed by atoms with E-state index in [1.54, 1.807) is 0 Å². The van der Waals surface area contributed by atoms with Gasteiger partial charge in [-0.1, -0.05) is 25.6 Å². The first-order chi connectivity index (χ1) is 7.94. The van der Waals surface area contributed by atoms with E-state index in [0.717, 1.165) is 25.9 Å². The van der Waals surface area contributed by atoms with Crippen LogP contribution in [0.15, 0.2) is 0 Å². The van der Waals surface area contributed by atoms with Crippen LogP contribution in [0.5, 0.6) is 0 Å². The molecule has 1 heterocycles. The lowest BCUT2D eigenvalue weighted by molar-refractivity contribution is -0.0295. The second-order valence-electron chi connectivity index (χ2n) is 5.56. The average Bonchev–Trinajstić information content (AvgIpc) is 2.29. The first kappa shape index (κ1) is 14.3. The average molecular weight is 250 g/mol.